The highest BCUT2D eigenvalue weighted by Crippen LogP contribution is 2.38. The van der Waals surface area contributed by atoms with Crippen molar-refractivity contribution in [1.82, 2.24) is 10.2 Å². The first-order valence-corrected chi connectivity index (χ1v) is 11.3. The molecule has 2 aromatic rings. The Kier molecular flexibility index (Phi) is 9.21. The Labute approximate surface area is 190 Å². The lowest BCUT2D eigenvalue weighted by Crippen LogP contribution is -2.40. The third-order valence-corrected chi connectivity index (χ3v) is 5.77. The van der Waals surface area contributed by atoms with Gasteiger partial charge < -0.3 is 19.5 Å². The van der Waals surface area contributed by atoms with Gasteiger partial charge in [-0.3, -0.25) is 4.90 Å². The number of nitrogens with zero attached hydrogens (tertiary/aromatic N) is 1. The first-order chi connectivity index (χ1) is 14.6. The first kappa shape index (κ1) is 23.3. The first-order valence-electron chi connectivity index (χ1n) is 10.1. The Morgan fingerprint density at radius 1 is 1.23 bits per heavy atom. The number of hydrogen-bond acceptors (Lipinski definition) is 5. The summed E-state index contributed by atoms with van der Waals surface area (Å²) in [6.45, 7) is 8.62. The largest absolute Gasteiger partial charge is 0.490 e. The van der Waals surface area contributed by atoms with Crippen LogP contribution in [0.1, 0.15) is 18.1 Å². The standard InChI is InChI=1S/C22H27BrClFN2O3/c1-2-29-21-13-16(14-26-6-7-27-8-10-28-11-9-27)12-18(23)22(21)30-15-17-19(24)4-3-5-20(17)25/h3-5,12-13,26H,2,6-11,14-15H2,1H3. The number of nitrogens with one attached hydrogen (secondary N) is 1. The van der Waals surface area contributed by atoms with Gasteiger partial charge in [-0.05, 0) is 52.7 Å². The summed E-state index contributed by atoms with van der Waals surface area (Å²) in [4.78, 5) is 2.39. The van der Waals surface area contributed by atoms with Crippen molar-refractivity contribution in [1.29, 1.82) is 0 Å². The maximum Gasteiger partial charge on any atom is 0.175 e. The second kappa shape index (κ2) is 11.9. The Hall–Kier alpha value is -1.38. The van der Waals surface area contributed by atoms with Crippen LogP contribution in [0.25, 0.3) is 0 Å². The van der Waals surface area contributed by atoms with Gasteiger partial charge in [-0.1, -0.05) is 17.7 Å². The molecular formula is C22H27BrClFN2O3. The van der Waals surface area contributed by atoms with Crippen LogP contribution in [0.5, 0.6) is 11.5 Å². The quantitative estimate of drug-likeness (QED) is 0.481. The lowest BCUT2D eigenvalue weighted by Gasteiger charge is -2.26. The van der Waals surface area contributed by atoms with Gasteiger partial charge in [0.15, 0.2) is 11.5 Å². The maximum atomic E-state index is 14.0. The van der Waals surface area contributed by atoms with Gasteiger partial charge in [-0.2, -0.15) is 0 Å². The zero-order valence-electron chi connectivity index (χ0n) is 17.1. The SMILES string of the molecule is CCOc1cc(CNCCN2CCOCC2)cc(Br)c1OCc1c(F)cccc1Cl. The molecule has 0 aliphatic carbocycles. The molecule has 30 heavy (non-hydrogen) atoms. The van der Waals surface area contributed by atoms with E-state index in [1.165, 1.54) is 6.07 Å². The molecule has 0 amide bonds. The third kappa shape index (κ3) is 6.56. The highest BCUT2D eigenvalue weighted by atomic mass is 79.9. The van der Waals surface area contributed by atoms with Crippen molar-refractivity contribution in [2.24, 2.45) is 0 Å². The lowest BCUT2D eigenvalue weighted by atomic mass is 10.2. The fourth-order valence-electron chi connectivity index (χ4n) is 3.24. The highest BCUT2D eigenvalue weighted by Gasteiger charge is 2.15. The van der Waals surface area contributed by atoms with Gasteiger partial charge in [0.25, 0.3) is 0 Å². The van der Waals surface area contributed by atoms with Crippen LogP contribution in [0.2, 0.25) is 5.02 Å². The van der Waals surface area contributed by atoms with Gasteiger partial charge in [0.2, 0.25) is 0 Å². The van der Waals surface area contributed by atoms with Crippen molar-refractivity contribution < 1.29 is 18.6 Å². The molecule has 0 saturated carbocycles. The molecule has 1 heterocycles. The fourth-order valence-corrected chi connectivity index (χ4v) is 4.06. The molecule has 2 aromatic carbocycles. The average Bonchev–Trinajstić information content (AvgIpc) is 2.73. The van der Waals surface area contributed by atoms with Crippen LogP contribution >= 0.6 is 27.5 Å². The molecule has 3 rings (SSSR count). The number of halogens is 3. The van der Waals surface area contributed by atoms with Crippen LogP contribution in [0.3, 0.4) is 0 Å². The van der Waals surface area contributed by atoms with E-state index in [4.69, 9.17) is 25.8 Å². The van der Waals surface area contributed by atoms with E-state index >= 15 is 0 Å². The molecule has 0 spiro atoms. The van der Waals surface area contributed by atoms with Gasteiger partial charge in [-0.15, -0.1) is 0 Å². The van der Waals surface area contributed by atoms with Crippen molar-refractivity contribution >= 4 is 27.5 Å². The van der Waals surface area contributed by atoms with Gasteiger partial charge >= 0.3 is 0 Å². The number of hydrogen-bond donors (Lipinski definition) is 1. The van der Waals surface area contributed by atoms with Crippen molar-refractivity contribution in [3.63, 3.8) is 0 Å². The Morgan fingerprint density at radius 2 is 2.03 bits per heavy atom. The summed E-state index contributed by atoms with van der Waals surface area (Å²) in [6.07, 6.45) is 0. The molecule has 8 heteroatoms. The van der Waals surface area contributed by atoms with Gasteiger partial charge in [0, 0.05) is 38.3 Å². The Morgan fingerprint density at radius 3 is 2.77 bits per heavy atom. The topological polar surface area (TPSA) is 43.0 Å². The second-order valence-corrected chi connectivity index (χ2v) is 8.22. The lowest BCUT2D eigenvalue weighted by molar-refractivity contribution is 0.0384. The van der Waals surface area contributed by atoms with Crippen molar-refractivity contribution in [3.05, 3.63) is 56.8 Å². The molecule has 0 unspecified atom stereocenters. The van der Waals surface area contributed by atoms with Crippen molar-refractivity contribution in [2.45, 2.75) is 20.1 Å². The summed E-state index contributed by atoms with van der Waals surface area (Å²) in [5, 5.41) is 3.81. The monoisotopic (exact) mass is 500 g/mol. The molecule has 0 radical (unpaired) electrons. The second-order valence-electron chi connectivity index (χ2n) is 6.96. The van der Waals surface area contributed by atoms with E-state index < -0.39 is 5.82 Å². The molecular weight excluding hydrogens is 475 g/mol. The number of rotatable bonds is 10. The normalized spacial score (nSPS) is 14.7. The summed E-state index contributed by atoms with van der Waals surface area (Å²) < 4.78 is 31.8. The summed E-state index contributed by atoms with van der Waals surface area (Å²) in [6, 6.07) is 8.53. The fraction of sp³-hybridized carbons (Fsp3) is 0.455. The predicted molar refractivity (Wildman–Crippen MR) is 120 cm³/mol. The minimum atomic E-state index is -0.391. The van der Waals surface area contributed by atoms with Gasteiger partial charge in [0.05, 0.1) is 29.3 Å². The smallest absolute Gasteiger partial charge is 0.175 e. The molecule has 1 aliphatic rings. The van der Waals surface area contributed by atoms with E-state index in [9.17, 15) is 4.39 Å². The van der Waals surface area contributed by atoms with Crippen LogP contribution in [0.15, 0.2) is 34.8 Å². The van der Waals surface area contributed by atoms with Crippen LogP contribution in [-0.4, -0.2) is 50.9 Å². The molecule has 0 aromatic heterocycles. The maximum absolute atomic E-state index is 14.0. The summed E-state index contributed by atoms with van der Waals surface area (Å²) in [5.41, 5.74) is 1.39. The molecule has 0 bridgehead atoms. The summed E-state index contributed by atoms with van der Waals surface area (Å²) in [5.74, 6) is 0.759. The molecule has 164 valence electrons. The molecule has 1 aliphatic heterocycles. The number of morpholine rings is 1. The van der Waals surface area contributed by atoms with E-state index in [0.29, 0.717) is 35.2 Å². The minimum Gasteiger partial charge on any atom is -0.490 e. The predicted octanol–water partition coefficient (Wildman–Crippen LogP) is 4.64. The summed E-state index contributed by atoms with van der Waals surface area (Å²) >= 11 is 9.68. The van der Waals surface area contributed by atoms with E-state index in [2.05, 4.69) is 26.1 Å². The van der Waals surface area contributed by atoms with Crippen LogP contribution in [-0.2, 0) is 17.9 Å². The number of benzene rings is 2. The van der Waals surface area contributed by atoms with E-state index in [1.54, 1.807) is 12.1 Å². The van der Waals surface area contributed by atoms with Crippen LogP contribution in [0.4, 0.5) is 4.39 Å². The Bertz CT molecular complexity index is 814. The minimum absolute atomic E-state index is 0.0152. The van der Waals surface area contributed by atoms with E-state index in [1.807, 2.05) is 19.1 Å². The van der Waals surface area contributed by atoms with Crippen molar-refractivity contribution in [2.75, 3.05) is 46.0 Å². The zero-order chi connectivity index (χ0) is 21.3. The van der Waals surface area contributed by atoms with E-state index in [-0.39, 0.29) is 6.61 Å². The zero-order valence-corrected chi connectivity index (χ0v) is 19.4. The molecule has 1 N–H and O–H groups in total. The van der Waals surface area contributed by atoms with Crippen LogP contribution < -0.4 is 14.8 Å². The van der Waals surface area contributed by atoms with E-state index in [0.717, 1.165) is 49.4 Å². The van der Waals surface area contributed by atoms with Gasteiger partial charge in [0.1, 0.15) is 12.4 Å². The average molecular weight is 502 g/mol. The molecule has 0 atom stereocenters. The third-order valence-electron chi connectivity index (χ3n) is 4.83. The molecule has 1 saturated heterocycles. The molecule has 1 fully saturated rings. The summed E-state index contributed by atoms with van der Waals surface area (Å²) in [7, 11) is 0. The number of ether oxygens (including phenoxy) is 3. The van der Waals surface area contributed by atoms with Crippen molar-refractivity contribution in [3.8, 4) is 11.5 Å². The Balaban J connectivity index is 1.61. The van der Waals surface area contributed by atoms with Gasteiger partial charge in [-0.25, -0.2) is 4.39 Å². The molecule has 5 nitrogen and oxygen atoms in total. The highest BCUT2D eigenvalue weighted by molar-refractivity contribution is 9.10. The van der Waals surface area contributed by atoms with Crippen LogP contribution in [0, 0.1) is 5.82 Å².